The van der Waals surface area contributed by atoms with Crippen LogP contribution in [-0.2, 0) is 0 Å². The molecule has 0 saturated heterocycles. The van der Waals surface area contributed by atoms with E-state index < -0.39 is 11.2 Å². The second kappa shape index (κ2) is 6.98. The topological polar surface area (TPSA) is 40.5 Å². The summed E-state index contributed by atoms with van der Waals surface area (Å²) < 4.78 is 0. The number of rotatable bonds is 4. The summed E-state index contributed by atoms with van der Waals surface area (Å²) in [6.45, 7) is 11.2. The zero-order valence-corrected chi connectivity index (χ0v) is 19.3. The lowest BCUT2D eigenvalue weighted by Crippen LogP contribution is -2.55. The Bertz CT molecular complexity index is 575. The van der Waals surface area contributed by atoms with E-state index in [0.29, 0.717) is 10.8 Å². The third-order valence-corrected chi connectivity index (χ3v) is 10.5. The van der Waals surface area contributed by atoms with E-state index >= 15 is 0 Å². The van der Waals surface area contributed by atoms with Gasteiger partial charge in [0.1, 0.15) is 0 Å². The lowest BCUT2D eigenvalue weighted by Gasteiger charge is -2.62. The molecule has 4 aliphatic carbocycles. The minimum atomic E-state index is -0.508. The maximum Gasteiger partial charge on any atom is 0.0622 e. The Labute approximate surface area is 173 Å². The van der Waals surface area contributed by atoms with Crippen LogP contribution in [0.1, 0.15) is 112 Å². The number of hydrogen-bond acceptors (Lipinski definition) is 2. The molecule has 2 heteroatoms. The van der Waals surface area contributed by atoms with Gasteiger partial charge in [0.25, 0.3) is 0 Å². The van der Waals surface area contributed by atoms with Crippen molar-refractivity contribution in [3.63, 3.8) is 0 Å². The van der Waals surface area contributed by atoms with Crippen LogP contribution in [0, 0.1) is 40.4 Å². The fraction of sp³-hybridized carbons (Fsp3) is 1.00. The fourth-order valence-electron chi connectivity index (χ4n) is 8.80. The quantitative estimate of drug-likeness (QED) is 0.588. The first-order valence-electron chi connectivity index (χ1n) is 12.4. The zero-order valence-electron chi connectivity index (χ0n) is 19.3. The monoisotopic (exact) mass is 390 g/mol. The van der Waals surface area contributed by atoms with Crippen LogP contribution in [0.2, 0.25) is 0 Å². The van der Waals surface area contributed by atoms with Crippen molar-refractivity contribution in [3.8, 4) is 0 Å². The van der Waals surface area contributed by atoms with Gasteiger partial charge in [0.15, 0.2) is 0 Å². The molecular formula is C26H46O2. The summed E-state index contributed by atoms with van der Waals surface area (Å²) in [5.41, 5.74) is 0.0977. The van der Waals surface area contributed by atoms with E-state index in [1.54, 1.807) is 0 Å². The van der Waals surface area contributed by atoms with Crippen LogP contribution < -0.4 is 0 Å². The molecule has 0 bridgehead atoms. The normalized spacial score (nSPS) is 51.3. The molecule has 0 heterocycles. The largest absolute Gasteiger partial charge is 0.390 e. The van der Waals surface area contributed by atoms with Crippen molar-refractivity contribution in [1.29, 1.82) is 0 Å². The van der Waals surface area contributed by atoms with Crippen molar-refractivity contribution >= 4 is 0 Å². The van der Waals surface area contributed by atoms with E-state index in [0.717, 1.165) is 48.9 Å². The first-order chi connectivity index (χ1) is 12.9. The third kappa shape index (κ3) is 3.59. The smallest absolute Gasteiger partial charge is 0.0622 e. The number of aliphatic hydroxyl groups is 2. The lowest BCUT2D eigenvalue weighted by atomic mass is 9.44. The summed E-state index contributed by atoms with van der Waals surface area (Å²) in [5.74, 6) is 4.38. The molecule has 0 aliphatic heterocycles. The van der Waals surface area contributed by atoms with Gasteiger partial charge in [0.05, 0.1) is 11.2 Å². The third-order valence-electron chi connectivity index (χ3n) is 10.5. The lowest BCUT2D eigenvalue weighted by molar-refractivity contribution is -0.146. The summed E-state index contributed by atoms with van der Waals surface area (Å²) in [6, 6.07) is 0. The van der Waals surface area contributed by atoms with Gasteiger partial charge in [-0.05, 0) is 132 Å². The molecule has 0 spiro atoms. The molecule has 8 atom stereocenters. The molecule has 8 unspecified atom stereocenters. The van der Waals surface area contributed by atoms with Crippen LogP contribution in [0.3, 0.4) is 0 Å². The van der Waals surface area contributed by atoms with Crippen LogP contribution in [-0.4, -0.2) is 21.4 Å². The first kappa shape index (κ1) is 21.2. The van der Waals surface area contributed by atoms with Crippen molar-refractivity contribution in [2.45, 2.75) is 123 Å². The van der Waals surface area contributed by atoms with Crippen LogP contribution in [0.15, 0.2) is 0 Å². The minimum absolute atomic E-state index is 0.418. The highest BCUT2D eigenvalue weighted by Crippen LogP contribution is 2.68. The van der Waals surface area contributed by atoms with Crippen LogP contribution in [0.4, 0.5) is 0 Å². The molecule has 4 rings (SSSR count). The summed E-state index contributed by atoms with van der Waals surface area (Å²) in [7, 11) is 0. The molecule has 2 nitrogen and oxygen atoms in total. The highest BCUT2D eigenvalue weighted by Gasteiger charge is 2.60. The Kier molecular flexibility index (Phi) is 5.27. The molecule has 0 amide bonds. The molecule has 0 aromatic carbocycles. The summed E-state index contributed by atoms with van der Waals surface area (Å²) >= 11 is 0. The minimum Gasteiger partial charge on any atom is -0.390 e. The molecule has 4 fully saturated rings. The highest BCUT2D eigenvalue weighted by atomic mass is 16.3. The molecule has 162 valence electrons. The van der Waals surface area contributed by atoms with Crippen molar-refractivity contribution in [2.75, 3.05) is 0 Å². The Morgan fingerprint density at radius 3 is 2.29 bits per heavy atom. The Hall–Kier alpha value is -0.0800. The van der Waals surface area contributed by atoms with Crippen LogP contribution >= 0.6 is 0 Å². The van der Waals surface area contributed by atoms with Gasteiger partial charge in [-0.25, -0.2) is 0 Å². The maximum absolute atomic E-state index is 10.7. The standard InChI is InChI=1S/C26H46O2/c1-23(2,27)13-6-7-18-9-11-21-20-10-8-19-17-24(3,28)15-16-26(19,5)22(20)12-14-25(18,21)4/h18-22,27-28H,6-17H2,1-5H3. The van der Waals surface area contributed by atoms with E-state index in [1.807, 2.05) is 13.8 Å². The van der Waals surface area contributed by atoms with Crippen molar-refractivity contribution < 1.29 is 10.2 Å². The van der Waals surface area contributed by atoms with Gasteiger partial charge in [0, 0.05) is 0 Å². The van der Waals surface area contributed by atoms with Gasteiger partial charge in [-0.3, -0.25) is 0 Å². The Morgan fingerprint density at radius 1 is 0.857 bits per heavy atom. The van der Waals surface area contributed by atoms with Crippen molar-refractivity contribution in [1.82, 2.24) is 0 Å². The molecule has 28 heavy (non-hydrogen) atoms. The molecule has 0 aromatic rings. The summed E-state index contributed by atoms with van der Waals surface area (Å²) in [6.07, 6.45) is 15.2. The van der Waals surface area contributed by atoms with Gasteiger partial charge in [0.2, 0.25) is 0 Å². The summed E-state index contributed by atoms with van der Waals surface area (Å²) in [4.78, 5) is 0. The average molecular weight is 391 g/mol. The van der Waals surface area contributed by atoms with Crippen LogP contribution in [0.5, 0.6) is 0 Å². The van der Waals surface area contributed by atoms with Gasteiger partial charge in [-0.2, -0.15) is 0 Å². The molecule has 0 radical (unpaired) electrons. The molecule has 0 aromatic heterocycles. The van der Waals surface area contributed by atoms with E-state index in [-0.39, 0.29) is 0 Å². The number of hydrogen-bond donors (Lipinski definition) is 2. The predicted octanol–water partition coefficient (Wildman–Crippen LogP) is 6.34. The van der Waals surface area contributed by atoms with Gasteiger partial charge in [-0.15, -0.1) is 0 Å². The molecule has 4 saturated carbocycles. The van der Waals surface area contributed by atoms with Gasteiger partial charge < -0.3 is 10.2 Å². The SMILES string of the molecule is CC(C)(O)CCCC1CCC2C3CCC4CC(C)(O)CCC4(C)C3CCC12C. The Morgan fingerprint density at radius 2 is 1.57 bits per heavy atom. The van der Waals surface area contributed by atoms with Crippen molar-refractivity contribution in [2.24, 2.45) is 40.4 Å². The van der Waals surface area contributed by atoms with E-state index in [1.165, 1.54) is 57.8 Å². The second-order valence-corrected chi connectivity index (χ2v) is 12.9. The van der Waals surface area contributed by atoms with E-state index in [9.17, 15) is 10.2 Å². The molecule has 2 N–H and O–H groups in total. The van der Waals surface area contributed by atoms with Crippen molar-refractivity contribution in [3.05, 3.63) is 0 Å². The van der Waals surface area contributed by atoms with E-state index in [4.69, 9.17) is 0 Å². The Balaban J connectivity index is 1.46. The number of fused-ring (bicyclic) bond motifs is 5. The van der Waals surface area contributed by atoms with Crippen LogP contribution in [0.25, 0.3) is 0 Å². The van der Waals surface area contributed by atoms with E-state index in [2.05, 4.69) is 20.8 Å². The fourth-order valence-corrected chi connectivity index (χ4v) is 8.80. The summed E-state index contributed by atoms with van der Waals surface area (Å²) in [5, 5.41) is 20.8. The zero-order chi connectivity index (χ0) is 20.4. The van der Waals surface area contributed by atoms with Gasteiger partial charge in [-0.1, -0.05) is 20.3 Å². The predicted molar refractivity (Wildman–Crippen MR) is 116 cm³/mol. The maximum atomic E-state index is 10.7. The average Bonchev–Trinajstić information content (AvgIpc) is 2.91. The molecule has 4 aliphatic rings. The van der Waals surface area contributed by atoms with Gasteiger partial charge >= 0.3 is 0 Å². The first-order valence-corrected chi connectivity index (χ1v) is 12.4. The second-order valence-electron chi connectivity index (χ2n) is 12.9. The highest BCUT2D eigenvalue weighted by molar-refractivity contribution is 5.10. The molecular weight excluding hydrogens is 344 g/mol.